The number of aromatic nitrogens is 3. The predicted octanol–water partition coefficient (Wildman–Crippen LogP) is 4.96. The number of hydrogen-bond acceptors (Lipinski definition) is 5. The highest BCUT2D eigenvalue weighted by molar-refractivity contribution is 6.36. The maximum atomic E-state index is 12.8. The Morgan fingerprint density at radius 3 is 2.75 bits per heavy atom. The number of carbonyl (C=O) groups excluding carboxylic acids is 1. The lowest BCUT2D eigenvalue weighted by Crippen LogP contribution is -2.60. The standard InChI is InChI=1S/C25H27ClN4O2/c1-3-4-5-9-17(2)21-27-22(29-24(32)28-21)19-14-18(10-8-11-20(19)26)15-30-16-25(23(30)31)12-6-7-13-25/h3-5,9-11,14H,1,6-8,12-13,15-16H2,2H3,(H,27,28,29,32)/b5-4-,17-9+. The zero-order chi connectivity index (χ0) is 22.7. The maximum Gasteiger partial charge on any atom is 0.318 e. The van der Waals surface area contributed by atoms with Crippen molar-refractivity contribution < 1.29 is 9.90 Å². The summed E-state index contributed by atoms with van der Waals surface area (Å²) in [5.41, 5.74) is 2.25. The van der Waals surface area contributed by atoms with Crippen LogP contribution in [-0.4, -0.2) is 44.0 Å². The number of likely N-dealkylation sites (tertiary alicyclic amines) is 1. The van der Waals surface area contributed by atoms with Gasteiger partial charge in [0, 0.05) is 23.7 Å². The highest BCUT2D eigenvalue weighted by Crippen LogP contribution is 2.46. The normalized spacial score (nSPS) is 20.7. The molecule has 2 heterocycles. The van der Waals surface area contributed by atoms with Crippen molar-refractivity contribution in [1.29, 1.82) is 0 Å². The van der Waals surface area contributed by atoms with Crippen molar-refractivity contribution in [1.82, 2.24) is 19.9 Å². The van der Waals surface area contributed by atoms with E-state index in [4.69, 9.17) is 11.6 Å². The average molecular weight is 451 g/mol. The Morgan fingerprint density at radius 1 is 1.25 bits per heavy atom. The molecule has 1 saturated heterocycles. The van der Waals surface area contributed by atoms with Crippen molar-refractivity contribution in [3.05, 3.63) is 71.4 Å². The molecule has 1 N–H and O–H groups in total. The van der Waals surface area contributed by atoms with Gasteiger partial charge < -0.3 is 10.0 Å². The van der Waals surface area contributed by atoms with Gasteiger partial charge >= 0.3 is 6.01 Å². The first kappa shape index (κ1) is 22.2. The van der Waals surface area contributed by atoms with Gasteiger partial charge in [-0.05, 0) is 43.4 Å². The summed E-state index contributed by atoms with van der Waals surface area (Å²) in [6, 6.07) is -0.369. The molecule has 7 heteroatoms. The third-order valence-corrected chi connectivity index (χ3v) is 6.60. The van der Waals surface area contributed by atoms with Gasteiger partial charge in [-0.25, -0.2) is 4.98 Å². The Labute approximate surface area is 193 Å². The second-order valence-corrected chi connectivity index (χ2v) is 8.93. The first-order valence-corrected chi connectivity index (χ1v) is 11.3. The first-order chi connectivity index (χ1) is 15.4. The number of hydrogen-bond donors (Lipinski definition) is 1. The van der Waals surface area contributed by atoms with Crippen LogP contribution in [0.3, 0.4) is 0 Å². The second-order valence-electron chi connectivity index (χ2n) is 8.53. The van der Waals surface area contributed by atoms with Gasteiger partial charge in [0.15, 0.2) is 11.6 Å². The summed E-state index contributed by atoms with van der Waals surface area (Å²) in [7, 11) is 0. The molecule has 1 saturated carbocycles. The fourth-order valence-electron chi connectivity index (χ4n) is 4.55. The lowest BCUT2D eigenvalue weighted by Gasteiger charge is -2.47. The highest BCUT2D eigenvalue weighted by atomic mass is 35.5. The molecular formula is C25H27ClN4O2. The van der Waals surface area contributed by atoms with Crippen LogP contribution < -0.4 is 0 Å². The lowest BCUT2D eigenvalue weighted by molar-refractivity contribution is -0.158. The molecule has 3 aliphatic rings. The van der Waals surface area contributed by atoms with E-state index in [9.17, 15) is 9.90 Å². The van der Waals surface area contributed by atoms with Crippen LogP contribution in [-0.2, 0) is 4.79 Å². The summed E-state index contributed by atoms with van der Waals surface area (Å²) < 4.78 is 0. The van der Waals surface area contributed by atoms with Crippen LogP contribution in [0.4, 0.5) is 0 Å². The number of halogens is 1. The van der Waals surface area contributed by atoms with Gasteiger partial charge in [0.25, 0.3) is 0 Å². The Balaban J connectivity index is 1.59. The van der Waals surface area contributed by atoms with Crippen LogP contribution >= 0.6 is 11.6 Å². The van der Waals surface area contributed by atoms with E-state index in [2.05, 4.69) is 27.6 Å². The molecule has 1 spiro atoms. The summed E-state index contributed by atoms with van der Waals surface area (Å²) in [5.74, 6) is 0.925. The van der Waals surface area contributed by atoms with Gasteiger partial charge in [-0.15, -0.1) is 0 Å². The molecule has 1 aliphatic heterocycles. The second kappa shape index (κ2) is 9.25. The fraction of sp³-hybridized carbons (Fsp3) is 0.360. The van der Waals surface area contributed by atoms with E-state index < -0.39 is 0 Å². The molecule has 2 fully saturated rings. The van der Waals surface area contributed by atoms with Gasteiger partial charge in [-0.2, -0.15) is 9.97 Å². The topological polar surface area (TPSA) is 79.2 Å². The van der Waals surface area contributed by atoms with Crippen LogP contribution in [0.2, 0.25) is 0 Å². The molecule has 2 aliphatic carbocycles. The number of carbonyl (C=O) groups is 1. The molecule has 1 aromatic heterocycles. The van der Waals surface area contributed by atoms with E-state index in [1.807, 2.05) is 36.1 Å². The van der Waals surface area contributed by atoms with Crippen molar-refractivity contribution >= 4 is 28.7 Å². The van der Waals surface area contributed by atoms with E-state index in [0.717, 1.165) is 43.4 Å². The number of nitrogens with zero attached hydrogens (tertiary/aromatic N) is 4. The fourth-order valence-corrected chi connectivity index (χ4v) is 4.78. The quantitative estimate of drug-likeness (QED) is 0.489. The van der Waals surface area contributed by atoms with E-state index in [-0.39, 0.29) is 17.3 Å². The lowest BCUT2D eigenvalue weighted by atomic mass is 9.77. The van der Waals surface area contributed by atoms with Crippen LogP contribution in [0.1, 0.15) is 50.7 Å². The minimum absolute atomic E-state index is 0.105. The third kappa shape index (κ3) is 4.46. The van der Waals surface area contributed by atoms with Gasteiger partial charge in [0.2, 0.25) is 5.91 Å². The molecule has 166 valence electrons. The summed E-state index contributed by atoms with van der Waals surface area (Å²) in [5, 5.41) is 10.6. The molecular weight excluding hydrogens is 424 g/mol. The van der Waals surface area contributed by atoms with Crippen molar-refractivity contribution in [2.45, 2.75) is 39.0 Å². The number of allylic oxidation sites excluding steroid dienone is 9. The molecule has 0 radical (unpaired) electrons. The van der Waals surface area contributed by atoms with Crippen molar-refractivity contribution in [2.75, 3.05) is 13.1 Å². The molecule has 0 atom stereocenters. The zero-order valence-corrected chi connectivity index (χ0v) is 19.0. The summed E-state index contributed by atoms with van der Waals surface area (Å²) in [4.78, 5) is 27.4. The molecule has 32 heavy (non-hydrogen) atoms. The van der Waals surface area contributed by atoms with E-state index in [1.54, 1.807) is 12.2 Å². The molecule has 4 rings (SSSR count). The highest BCUT2D eigenvalue weighted by Gasteiger charge is 2.52. The van der Waals surface area contributed by atoms with Gasteiger partial charge in [-0.3, -0.25) is 4.79 Å². The first-order valence-electron chi connectivity index (χ1n) is 10.9. The Hall–Kier alpha value is -2.99. The molecule has 0 aromatic carbocycles. The monoisotopic (exact) mass is 450 g/mol. The Bertz CT molecular complexity index is 1090. The SMILES string of the molecule is C=C/C=C\C=C(/C)c1nc(O)nc(C2=CC(CN3CC4(CCCC4)C3=O)=CCC=C2Cl)n1. The Morgan fingerprint density at radius 2 is 2.03 bits per heavy atom. The van der Waals surface area contributed by atoms with Crippen molar-refractivity contribution in [3.63, 3.8) is 0 Å². The molecule has 0 unspecified atom stereocenters. The van der Waals surface area contributed by atoms with Crippen molar-refractivity contribution in [3.8, 4) is 6.01 Å². The van der Waals surface area contributed by atoms with Crippen LogP contribution in [0.15, 0.2) is 59.7 Å². The molecule has 6 nitrogen and oxygen atoms in total. The largest absolute Gasteiger partial charge is 0.479 e. The molecule has 1 aromatic rings. The van der Waals surface area contributed by atoms with Gasteiger partial charge in [-0.1, -0.05) is 67.5 Å². The Kier molecular flexibility index (Phi) is 6.42. The number of aromatic hydroxyl groups is 1. The minimum Gasteiger partial charge on any atom is -0.479 e. The van der Waals surface area contributed by atoms with Crippen LogP contribution in [0, 0.1) is 5.41 Å². The smallest absolute Gasteiger partial charge is 0.318 e. The number of amides is 1. The third-order valence-electron chi connectivity index (χ3n) is 6.24. The van der Waals surface area contributed by atoms with Gasteiger partial charge in [0.05, 0.1) is 5.41 Å². The zero-order valence-electron chi connectivity index (χ0n) is 18.2. The van der Waals surface area contributed by atoms with Gasteiger partial charge in [0.1, 0.15) is 0 Å². The average Bonchev–Trinajstić information content (AvgIpc) is 3.20. The van der Waals surface area contributed by atoms with E-state index in [1.165, 1.54) is 0 Å². The summed E-state index contributed by atoms with van der Waals surface area (Å²) in [6.07, 6.45) is 17.9. The van der Waals surface area contributed by atoms with E-state index in [0.29, 0.717) is 35.2 Å². The minimum atomic E-state index is -0.369. The predicted molar refractivity (Wildman–Crippen MR) is 127 cm³/mol. The number of β-lactam (4-membered cyclic amide) rings is 1. The van der Waals surface area contributed by atoms with Crippen molar-refractivity contribution in [2.24, 2.45) is 5.41 Å². The molecule has 0 bridgehead atoms. The van der Waals surface area contributed by atoms with Crippen LogP contribution in [0.25, 0.3) is 11.1 Å². The van der Waals surface area contributed by atoms with E-state index >= 15 is 0 Å². The maximum absolute atomic E-state index is 12.8. The molecule has 1 amide bonds. The summed E-state index contributed by atoms with van der Waals surface area (Å²) >= 11 is 6.55. The number of rotatable bonds is 6. The van der Waals surface area contributed by atoms with Crippen LogP contribution in [0.5, 0.6) is 6.01 Å². The summed E-state index contributed by atoms with van der Waals surface area (Å²) in [6.45, 7) is 6.86.